The monoisotopic (exact) mass is 273 g/mol. The van der Waals surface area contributed by atoms with E-state index >= 15 is 0 Å². The van der Waals surface area contributed by atoms with E-state index in [0.717, 1.165) is 12.8 Å². The van der Waals surface area contributed by atoms with Crippen LogP contribution in [0.3, 0.4) is 0 Å². The molecule has 0 spiro atoms. The van der Waals surface area contributed by atoms with Gasteiger partial charge in [0.15, 0.2) is 0 Å². The Labute approximate surface area is 111 Å². The summed E-state index contributed by atoms with van der Waals surface area (Å²) in [6.45, 7) is -0.0886. The maximum Gasteiger partial charge on any atom is 0.329 e. The van der Waals surface area contributed by atoms with Crippen LogP contribution >= 0.6 is 0 Å². The van der Waals surface area contributed by atoms with Gasteiger partial charge >= 0.3 is 12.0 Å². The smallest absolute Gasteiger partial charge is 0.329 e. The summed E-state index contributed by atoms with van der Waals surface area (Å²) in [5, 5.41) is 13.6. The van der Waals surface area contributed by atoms with Crippen molar-refractivity contribution >= 4 is 17.9 Å². The topological polar surface area (TPSA) is 108 Å². The fraction of sp³-hybridized carbons (Fsp3) is 0.727. The van der Waals surface area contributed by atoms with E-state index in [4.69, 9.17) is 9.84 Å². The largest absolute Gasteiger partial charge is 0.480 e. The molecule has 0 aromatic rings. The number of ether oxygens (including phenoxy) is 1. The Morgan fingerprint density at radius 3 is 2.63 bits per heavy atom. The van der Waals surface area contributed by atoms with Crippen molar-refractivity contribution in [2.75, 3.05) is 33.4 Å². The minimum atomic E-state index is -1.06. The highest BCUT2D eigenvalue weighted by molar-refractivity contribution is 5.84. The van der Waals surface area contributed by atoms with Gasteiger partial charge in [0.2, 0.25) is 5.91 Å². The van der Waals surface area contributed by atoms with Crippen molar-refractivity contribution in [3.8, 4) is 0 Å². The zero-order valence-corrected chi connectivity index (χ0v) is 10.8. The zero-order chi connectivity index (χ0) is 14.3. The van der Waals surface area contributed by atoms with E-state index in [1.807, 2.05) is 0 Å². The van der Waals surface area contributed by atoms with Crippen molar-refractivity contribution in [3.05, 3.63) is 0 Å². The first-order chi connectivity index (χ1) is 8.99. The van der Waals surface area contributed by atoms with Crippen molar-refractivity contribution in [3.63, 3.8) is 0 Å². The fourth-order valence-electron chi connectivity index (χ4n) is 1.31. The predicted molar refractivity (Wildman–Crippen MR) is 65.6 cm³/mol. The number of nitrogens with zero attached hydrogens (tertiary/aromatic N) is 1. The number of hydrogen-bond acceptors (Lipinski definition) is 4. The number of nitrogens with one attached hydrogen (secondary N) is 2. The van der Waals surface area contributed by atoms with Crippen LogP contribution in [0.2, 0.25) is 0 Å². The first-order valence-electron chi connectivity index (χ1n) is 6.07. The molecule has 3 amide bonds. The molecule has 8 heteroatoms. The van der Waals surface area contributed by atoms with Gasteiger partial charge < -0.3 is 25.4 Å². The van der Waals surface area contributed by atoms with E-state index in [2.05, 4.69) is 10.6 Å². The number of hydrogen-bond donors (Lipinski definition) is 3. The Kier molecular flexibility index (Phi) is 6.07. The van der Waals surface area contributed by atoms with Crippen LogP contribution in [0.1, 0.15) is 12.8 Å². The molecule has 0 heterocycles. The minimum absolute atomic E-state index is 0.00167. The Morgan fingerprint density at radius 2 is 2.05 bits per heavy atom. The van der Waals surface area contributed by atoms with Gasteiger partial charge in [-0.2, -0.15) is 0 Å². The first-order valence-corrected chi connectivity index (χ1v) is 6.07. The van der Waals surface area contributed by atoms with E-state index in [9.17, 15) is 14.4 Å². The lowest BCUT2D eigenvalue weighted by Gasteiger charge is -2.17. The summed E-state index contributed by atoms with van der Waals surface area (Å²) >= 11 is 0. The molecule has 8 nitrogen and oxygen atoms in total. The number of carboxylic acids is 1. The second-order valence-corrected chi connectivity index (χ2v) is 4.38. The van der Waals surface area contributed by atoms with Crippen LogP contribution in [0.25, 0.3) is 0 Å². The molecular weight excluding hydrogens is 254 g/mol. The van der Waals surface area contributed by atoms with Gasteiger partial charge in [-0.05, 0) is 12.8 Å². The molecule has 0 unspecified atom stereocenters. The highest BCUT2D eigenvalue weighted by Crippen LogP contribution is 2.18. The summed E-state index contributed by atoms with van der Waals surface area (Å²) in [5.74, 6) is -1.23. The van der Waals surface area contributed by atoms with Crippen LogP contribution in [-0.2, 0) is 14.3 Å². The second kappa shape index (κ2) is 7.57. The first kappa shape index (κ1) is 15.2. The lowest BCUT2D eigenvalue weighted by atomic mass is 10.5. The Bertz CT molecular complexity index is 343. The summed E-state index contributed by atoms with van der Waals surface area (Å²) in [4.78, 5) is 34.4. The van der Waals surface area contributed by atoms with Gasteiger partial charge in [0.25, 0.3) is 0 Å². The van der Waals surface area contributed by atoms with E-state index in [0.29, 0.717) is 0 Å². The summed E-state index contributed by atoms with van der Waals surface area (Å²) in [6, 6.07) is -0.127. The maximum atomic E-state index is 11.5. The minimum Gasteiger partial charge on any atom is -0.480 e. The zero-order valence-electron chi connectivity index (χ0n) is 10.8. The molecule has 0 aliphatic heterocycles. The van der Waals surface area contributed by atoms with Crippen LogP contribution in [-0.4, -0.2) is 67.3 Å². The summed E-state index contributed by atoms with van der Waals surface area (Å²) in [7, 11) is 1.51. The van der Waals surface area contributed by atoms with Crippen LogP contribution in [0.5, 0.6) is 0 Å². The molecule has 1 aliphatic rings. The Hall–Kier alpha value is -1.83. The van der Waals surface area contributed by atoms with Crippen molar-refractivity contribution in [1.29, 1.82) is 0 Å². The van der Waals surface area contributed by atoms with E-state index in [-0.39, 0.29) is 31.6 Å². The number of urea groups is 1. The molecule has 0 saturated heterocycles. The van der Waals surface area contributed by atoms with Crippen LogP contribution < -0.4 is 10.6 Å². The number of rotatable bonds is 8. The standard InChI is InChI=1S/C11H19N3O5/c1-14(6-9(15)13-8-2-3-8)11(18)12-4-5-19-7-10(16)17/h8H,2-7H2,1H3,(H,12,18)(H,13,15)(H,16,17). The normalized spacial score (nSPS) is 13.7. The van der Waals surface area contributed by atoms with Crippen LogP contribution in [0.4, 0.5) is 4.79 Å². The van der Waals surface area contributed by atoms with Gasteiger partial charge in [0.05, 0.1) is 6.61 Å². The average molecular weight is 273 g/mol. The molecule has 0 atom stereocenters. The van der Waals surface area contributed by atoms with Gasteiger partial charge in [0, 0.05) is 19.6 Å². The number of carboxylic acid groups (broad SMARTS) is 1. The molecule has 3 N–H and O–H groups in total. The third-order valence-electron chi connectivity index (χ3n) is 2.42. The maximum absolute atomic E-state index is 11.5. The number of amides is 3. The Morgan fingerprint density at radius 1 is 1.37 bits per heavy atom. The molecule has 0 radical (unpaired) electrons. The summed E-state index contributed by atoms with van der Waals surface area (Å²) < 4.78 is 4.76. The SMILES string of the molecule is CN(CC(=O)NC1CC1)C(=O)NCCOCC(=O)O. The van der Waals surface area contributed by atoms with Crippen molar-refractivity contribution < 1.29 is 24.2 Å². The third kappa shape index (κ3) is 7.24. The molecule has 19 heavy (non-hydrogen) atoms. The summed E-state index contributed by atoms with van der Waals surface area (Å²) in [5.41, 5.74) is 0. The number of likely N-dealkylation sites (N-methyl/N-ethyl adjacent to an activating group) is 1. The third-order valence-corrected chi connectivity index (χ3v) is 2.42. The lowest BCUT2D eigenvalue weighted by molar-refractivity contribution is -0.142. The van der Waals surface area contributed by atoms with Gasteiger partial charge in [-0.15, -0.1) is 0 Å². The van der Waals surface area contributed by atoms with E-state index < -0.39 is 18.6 Å². The van der Waals surface area contributed by atoms with Crippen molar-refractivity contribution in [2.45, 2.75) is 18.9 Å². The second-order valence-electron chi connectivity index (χ2n) is 4.38. The van der Waals surface area contributed by atoms with Gasteiger partial charge in [0.1, 0.15) is 13.2 Å². The van der Waals surface area contributed by atoms with Crippen LogP contribution in [0.15, 0.2) is 0 Å². The number of carbonyl (C=O) groups excluding carboxylic acids is 2. The highest BCUT2D eigenvalue weighted by Gasteiger charge is 2.24. The average Bonchev–Trinajstić information content (AvgIpc) is 3.11. The molecule has 0 aromatic carbocycles. The Balaban J connectivity index is 2.06. The van der Waals surface area contributed by atoms with E-state index in [1.54, 1.807) is 0 Å². The molecule has 1 aliphatic carbocycles. The molecular formula is C11H19N3O5. The molecule has 1 fully saturated rings. The quantitative estimate of drug-likeness (QED) is 0.492. The molecule has 1 saturated carbocycles. The summed E-state index contributed by atoms with van der Waals surface area (Å²) in [6.07, 6.45) is 2.01. The van der Waals surface area contributed by atoms with Gasteiger partial charge in [-0.3, -0.25) is 4.79 Å². The molecule has 1 rings (SSSR count). The van der Waals surface area contributed by atoms with Gasteiger partial charge in [-0.25, -0.2) is 9.59 Å². The number of carbonyl (C=O) groups is 3. The predicted octanol–water partition coefficient (Wildman–Crippen LogP) is -0.992. The molecule has 108 valence electrons. The molecule has 0 aromatic heterocycles. The molecule has 0 bridgehead atoms. The van der Waals surface area contributed by atoms with Gasteiger partial charge in [-0.1, -0.05) is 0 Å². The highest BCUT2D eigenvalue weighted by atomic mass is 16.5. The number of aliphatic carboxylic acids is 1. The fourth-order valence-corrected chi connectivity index (χ4v) is 1.31. The lowest BCUT2D eigenvalue weighted by Crippen LogP contribution is -2.44. The van der Waals surface area contributed by atoms with Crippen molar-refractivity contribution in [1.82, 2.24) is 15.5 Å². The van der Waals surface area contributed by atoms with Crippen molar-refractivity contribution in [2.24, 2.45) is 0 Å². The van der Waals surface area contributed by atoms with E-state index in [1.165, 1.54) is 11.9 Å². The van der Waals surface area contributed by atoms with Crippen LogP contribution in [0, 0.1) is 0 Å².